The molecule has 1 rings (SSSR count). The molecule has 1 fully saturated rings. The summed E-state index contributed by atoms with van der Waals surface area (Å²) in [4.78, 5) is 11.6. The van der Waals surface area contributed by atoms with Crippen molar-refractivity contribution in [3.63, 3.8) is 0 Å². The van der Waals surface area contributed by atoms with Gasteiger partial charge < -0.3 is 15.8 Å². The first-order valence-electron chi connectivity index (χ1n) is 5.54. The summed E-state index contributed by atoms with van der Waals surface area (Å²) in [6.07, 6.45) is 1.40. The van der Waals surface area contributed by atoms with Crippen molar-refractivity contribution in [1.29, 1.82) is 0 Å². The summed E-state index contributed by atoms with van der Waals surface area (Å²) in [5.74, 6) is 0.483. The number of ether oxygens (including phenoxy) is 1. The minimum absolute atomic E-state index is 0.0295. The first-order valence-corrected chi connectivity index (χ1v) is 5.54. The fourth-order valence-corrected chi connectivity index (χ4v) is 1.78. The predicted octanol–water partition coefficient (Wildman–Crippen LogP) is 0.655. The van der Waals surface area contributed by atoms with E-state index in [1.807, 2.05) is 20.8 Å². The molecule has 0 bridgehead atoms. The molecule has 1 amide bonds. The first-order chi connectivity index (χ1) is 6.88. The molecule has 88 valence electrons. The number of nitrogens with two attached hydrogens (primary N) is 1. The minimum atomic E-state index is -0.435. The van der Waals surface area contributed by atoms with Gasteiger partial charge in [-0.05, 0) is 27.2 Å². The Morgan fingerprint density at radius 3 is 2.80 bits per heavy atom. The molecule has 1 saturated heterocycles. The Bertz CT molecular complexity index is 217. The molecular formula is C11H22N2O2. The van der Waals surface area contributed by atoms with Crippen LogP contribution in [0.4, 0.5) is 0 Å². The van der Waals surface area contributed by atoms with Gasteiger partial charge in [-0.2, -0.15) is 0 Å². The SMILES string of the molecule is CC(NC(=O)CC(C)(C)N)C1CCOC1. The largest absolute Gasteiger partial charge is 0.381 e. The van der Waals surface area contributed by atoms with E-state index in [1.54, 1.807) is 0 Å². The zero-order chi connectivity index (χ0) is 11.5. The Kier molecular flexibility index (Phi) is 4.11. The Morgan fingerprint density at radius 1 is 1.67 bits per heavy atom. The van der Waals surface area contributed by atoms with E-state index in [0.29, 0.717) is 12.3 Å². The molecule has 0 aliphatic carbocycles. The summed E-state index contributed by atoms with van der Waals surface area (Å²) >= 11 is 0. The number of amides is 1. The van der Waals surface area contributed by atoms with Crippen LogP contribution in [0.5, 0.6) is 0 Å². The molecule has 1 aliphatic rings. The van der Waals surface area contributed by atoms with Crippen LogP contribution in [0.25, 0.3) is 0 Å². The standard InChI is InChI=1S/C11H22N2O2/c1-8(9-4-5-15-7-9)13-10(14)6-11(2,3)12/h8-9H,4-7,12H2,1-3H3,(H,13,14). The Hall–Kier alpha value is -0.610. The van der Waals surface area contributed by atoms with Crippen molar-refractivity contribution in [3.8, 4) is 0 Å². The van der Waals surface area contributed by atoms with E-state index in [9.17, 15) is 4.79 Å². The highest BCUT2D eigenvalue weighted by molar-refractivity contribution is 5.77. The molecule has 0 saturated carbocycles. The maximum absolute atomic E-state index is 11.6. The van der Waals surface area contributed by atoms with Crippen molar-refractivity contribution in [3.05, 3.63) is 0 Å². The number of carbonyl (C=O) groups is 1. The monoisotopic (exact) mass is 214 g/mol. The van der Waals surface area contributed by atoms with Crippen LogP contribution in [0.15, 0.2) is 0 Å². The molecular weight excluding hydrogens is 192 g/mol. The molecule has 15 heavy (non-hydrogen) atoms. The van der Waals surface area contributed by atoms with Crippen molar-refractivity contribution in [2.24, 2.45) is 11.7 Å². The van der Waals surface area contributed by atoms with Gasteiger partial charge in [-0.15, -0.1) is 0 Å². The molecule has 2 atom stereocenters. The average Bonchev–Trinajstić information content (AvgIpc) is 2.50. The molecule has 0 spiro atoms. The second-order valence-corrected chi connectivity index (χ2v) is 5.15. The van der Waals surface area contributed by atoms with E-state index in [4.69, 9.17) is 10.5 Å². The van der Waals surface area contributed by atoms with Crippen LogP contribution in [0.1, 0.15) is 33.6 Å². The third-order valence-corrected chi connectivity index (χ3v) is 2.68. The summed E-state index contributed by atoms with van der Waals surface area (Å²) in [7, 11) is 0. The summed E-state index contributed by atoms with van der Waals surface area (Å²) in [6, 6.07) is 0.183. The lowest BCUT2D eigenvalue weighted by molar-refractivity contribution is -0.122. The molecule has 0 aromatic carbocycles. The summed E-state index contributed by atoms with van der Waals surface area (Å²) in [5, 5.41) is 2.98. The lowest BCUT2D eigenvalue weighted by Crippen LogP contribution is -2.44. The number of hydrogen-bond donors (Lipinski definition) is 2. The summed E-state index contributed by atoms with van der Waals surface area (Å²) in [6.45, 7) is 7.31. The highest BCUT2D eigenvalue weighted by Gasteiger charge is 2.25. The molecule has 4 nitrogen and oxygen atoms in total. The van der Waals surface area contributed by atoms with E-state index in [-0.39, 0.29) is 11.9 Å². The lowest BCUT2D eigenvalue weighted by atomic mass is 9.98. The highest BCUT2D eigenvalue weighted by Crippen LogP contribution is 2.16. The van der Waals surface area contributed by atoms with Gasteiger partial charge in [-0.3, -0.25) is 4.79 Å². The van der Waals surface area contributed by atoms with Gasteiger partial charge in [-0.1, -0.05) is 0 Å². The number of carbonyl (C=O) groups excluding carboxylic acids is 1. The van der Waals surface area contributed by atoms with Crippen LogP contribution >= 0.6 is 0 Å². The molecule has 2 unspecified atom stereocenters. The van der Waals surface area contributed by atoms with Crippen molar-refractivity contribution >= 4 is 5.91 Å². The van der Waals surface area contributed by atoms with Crippen LogP contribution in [0.3, 0.4) is 0 Å². The Balaban J connectivity index is 2.30. The average molecular weight is 214 g/mol. The van der Waals surface area contributed by atoms with E-state index >= 15 is 0 Å². The van der Waals surface area contributed by atoms with E-state index < -0.39 is 5.54 Å². The summed E-state index contributed by atoms with van der Waals surface area (Å²) in [5.41, 5.74) is 5.35. The van der Waals surface area contributed by atoms with Crippen molar-refractivity contribution in [2.75, 3.05) is 13.2 Å². The predicted molar refractivity (Wildman–Crippen MR) is 59.4 cm³/mol. The highest BCUT2D eigenvalue weighted by atomic mass is 16.5. The molecule has 0 aromatic heterocycles. The van der Waals surface area contributed by atoms with Gasteiger partial charge in [0.2, 0.25) is 5.91 Å². The van der Waals surface area contributed by atoms with Gasteiger partial charge in [0.1, 0.15) is 0 Å². The smallest absolute Gasteiger partial charge is 0.222 e. The van der Waals surface area contributed by atoms with Crippen LogP contribution < -0.4 is 11.1 Å². The number of hydrogen-bond acceptors (Lipinski definition) is 3. The van der Waals surface area contributed by atoms with E-state index in [0.717, 1.165) is 19.6 Å². The third kappa shape index (κ3) is 4.62. The topological polar surface area (TPSA) is 64.4 Å². The van der Waals surface area contributed by atoms with Gasteiger partial charge in [0.15, 0.2) is 0 Å². The number of rotatable bonds is 4. The van der Waals surface area contributed by atoms with E-state index in [1.165, 1.54) is 0 Å². The van der Waals surface area contributed by atoms with Gasteiger partial charge in [0, 0.05) is 30.5 Å². The summed E-state index contributed by atoms with van der Waals surface area (Å²) < 4.78 is 5.28. The molecule has 1 aliphatic heterocycles. The zero-order valence-corrected chi connectivity index (χ0v) is 9.88. The molecule has 0 aromatic rings. The van der Waals surface area contributed by atoms with Crippen LogP contribution in [0.2, 0.25) is 0 Å². The Morgan fingerprint density at radius 2 is 2.33 bits per heavy atom. The van der Waals surface area contributed by atoms with Gasteiger partial charge in [0.25, 0.3) is 0 Å². The maximum Gasteiger partial charge on any atom is 0.222 e. The van der Waals surface area contributed by atoms with Crippen LogP contribution in [0, 0.1) is 5.92 Å². The van der Waals surface area contributed by atoms with Crippen molar-refractivity contribution < 1.29 is 9.53 Å². The molecule has 3 N–H and O–H groups in total. The normalized spacial score (nSPS) is 23.9. The number of nitrogens with one attached hydrogen (secondary N) is 1. The van der Waals surface area contributed by atoms with Gasteiger partial charge in [-0.25, -0.2) is 0 Å². The Labute approximate surface area is 91.5 Å². The fraction of sp³-hybridized carbons (Fsp3) is 0.909. The van der Waals surface area contributed by atoms with Gasteiger partial charge >= 0.3 is 0 Å². The van der Waals surface area contributed by atoms with Crippen LogP contribution in [-0.4, -0.2) is 30.7 Å². The second-order valence-electron chi connectivity index (χ2n) is 5.15. The lowest BCUT2D eigenvalue weighted by Gasteiger charge is -2.22. The molecule has 0 radical (unpaired) electrons. The third-order valence-electron chi connectivity index (χ3n) is 2.68. The fourth-order valence-electron chi connectivity index (χ4n) is 1.78. The second kappa shape index (κ2) is 4.94. The first kappa shape index (κ1) is 12.5. The van der Waals surface area contributed by atoms with Crippen molar-refractivity contribution in [2.45, 2.75) is 45.2 Å². The van der Waals surface area contributed by atoms with Crippen molar-refractivity contribution in [1.82, 2.24) is 5.32 Å². The van der Waals surface area contributed by atoms with E-state index in [2.05, 4.69) is 5.32 Å². The quantitative estimate of drug-likeness (QED) is 0.722. The molecule has 1 heterocycles. The maximum atomic E-state index is 11.6. The molecule has 4 heteroatoms. The van der Waals surface area contributed by atoms with Crippen LogP contribution in [-0.2, 0) is 9.53 Å². The van der Waals surface area contributed by atoms with Gasteiger partial charge in [0.05, 0.1) is 6.61 Å². The zero-order valence-electron chi connectivity index (χ0n) is 9.88. The minimum Gasteiger partial charge on any atom is -0.381 e.